The first-order chi connectivity index (χ1) is 18.6. The van der Waals surface area contributed by atoms with E-state index in [1.165, 1.54) is 35.6 Å². The lowest BCUT2D eigenvalue weighted by atomic mass is 9.98. The standard InChI is InChI=1S/C26H25F3N4O4S2/c1-2-36-25(35)32-24(38)33-13-11-17(12-14-33)23-31-21(15-39-23)22(34)30-20-6-4-3-5-19(20)16-7-9-18(10-8-16)37-26(27,28)29/h3-10,15,17H,2,11-14H2,1H3,(H,30,34)(H,32,35,38). The molecule has 0 spiro atoms. The van der Waals surface area contributed by atoms with Gasteiger partial charge in [-0.2, -0.15) is 0 Å². The van der Waals surface area contributed by atoms with Crippen molar-refractivity contribution in [1.29, 1.82) is 0 Å². The molecule has 8 nitrogen and oxygen atoms in total. The number of rotatable bonds is 6. The Morgan fingerprint density at radius 2 is 1.82 bits per heavy atom. The molecule has 13 heteroatoms. The van der Waals surface area contributed by atoms with Crippen LogP contribution in [0, 0.1) is 0 Å². The number of hydrogen-bond acceptors (Lipinski definition) is 7. The van der Waals surface area contributed by atoms with Gasteiger partial charge in [0, 0.05) is 35.6 Å². The van der Waals surface area contributed by atoms with E-state index in [4.69, 9.17) is 17.0 Å². The number of nitrogens with zero attached hydrogens (tertiary/aromatic N) is 2. The molecule has 0 atom stereocenters. The van der Waals surface area contributed by atoms with Crippen molar-refractivity contribution in [2.45, 2.75) is 32.0 Å². The van der Waals surface area contributed by atoms with Crippen LogP contribution in [0.5, 0.6) is 5.75 Å². The number of thiazole rings is 1. The number of nitrogens with one attached hydrogen (secondary N) is 2. The van der Waals surface area contributed by atoms with E-state index in [9.17, 15) is 22.8 Å². The highest BCUT2D eigenvalue weighted by Gasteiger charge is 2.31. The number of halogens is 3. The molecule has 0 unspecified atom stereocenters. The van der Waals surface area contributed by atoms with E-state index >= 15 is 0 Å². The van der Waals surface area contributed by atoms with Gasteiger partial charge in [-0.05, 0) is 55.7 Å². The molecule has 2 amide bonds. The van der Waals surface area contributed by atoms with Crippen LogP contribution in [0.1, 0.15) is 41.2 Å². The summed E-state index contributed by atoms with van der Waals surface area (Å²) < 4.78 is 46.2. The van der Waals surface area contributed by atoms with Crippen molar-refractivity contribution < 1.29 is 32.2 Å². The Balaban J connectivity index is 1.37. The molecule has 206 valence electrons. The maximum Gasteiger partial charge on any atom is 0.573 e. The molecule has 1 aromatic heterocycles. The smallest absolute Gasteiger partial charge is 0.450 e. The number of piperidine rings is 1. The molecule has 2 N–H and O–H groups in total. The number of carbonyl (C=O) groups is 2. The molecular weight excluding hydrogens is 553 g/mol. The predicted octanol–water partition coefficient (Wildman–Crippen LogP) is 6.17. The first-order valence-electron chi connectivity index (χ1n) is 12.1. The van der Waals surface area contributed by atoms with Crippen molar-refractivity contribution in [3.63, 3.8) is 0 Å². The molecule has 39 heavy (non-hydrogen) atoms. The van der Waals surface area contributed by atoms with Gasteiger partial charge in [0.15, 0.2) is 5.11 Å². The van der Waals surface area contributed by atoms with Gasteiger partial charge in [0.05, 0.1) is 11.6 Å². The molecule has 1 aliphatic rings. The van der Waals surface area contributed by atoms with Crippen LogP contribution in [-0.2, 0) is 4.74 Å². The van der Waals surface area contributed by atoms with Crippen LogP contribution in [-0.4, -0.2) is 53.1 Å². The van der Waals surface area contributed by atoms with E-state index in [0.29, 0.717) is 35.0 Å². The van der Waals surface area contributed by atoms with E-state index in [-0.39, 0.29) is 29.9 Å². The Bertz CT molecular complexity index is 1320. The molecule has 1 fully saturated rings. The minimum absolute atomic E-state index is 0.155. The molecule has 0 bridgehead atoms. The number of aromatic nitrogens is 1. The largest absolute Gasteiger partial charge is 0.573 e. The van der Waals surface area contributed by atoms with Gasteiger partial charge in [0.2, 0.25) is 0 Å². The maximum absolute atomic E-state index is 13.0. The average Bonchev–Trinajstić information content (AvgIpc) is 3.40. The third-order valence-electron chi connectivity index (χ3n) is 5.94. The topological polar surface area (TPSA) is 92.8 Å². The van der Waals surface area contributed by atoms with Crippen LogP contribution in [0.15, 0.2) is 53.9 Å². The number of ether oxygens (including phenoxy) is 2. The molecular formula is C26H25F3N4O4S2. The van der Waals surface area contributed by atoms with Gasteiger partial charge in [0.25, 0.3) is 5.91 Å². The molecule has 3 aromatic rings. The number of alkyl halides is 3. The number of likely N-dealkylation sites (tertiary alicyclic amines) is 1. The SMILES string of the molecule is CCOC(=O)NC(=S)N1CCC(c2nc(C(=O)Nc3ccccc3-c3ccc(OC(F)(F)F)cc3)cs2)CC1. The van der Waals surface area contributed by atoms with Gasteiger partial charge in [-0.25, -0.2) is 9.78 Å². The summed E-state index contributed by atoms with van der Waals surface area (Å²) in [4.78, 5) is 31.1. The lowest BCUT2D eigenvalue weighted by Crippen LogP contribution is -2.46. The van der Waals surface area contributed by atoms with Crippen molar-refractivity contribution in [2.75, 3.05) is 25.0 Å². The number of benzene rings is 2. The molecule has 1 saturated heterocycles. The number of thiocarbonyl (C=S) groups is 1. The van der Waals surface area contributed by atoms with Crippen LogP contribution in [0.25, 0.3) is 11.1 Å². The van der Waals surface area contributed by atoms with Gasteiger partial charge in [-0.1, -0.05) is 30.3 Å². The van der Waals surface area contributed by atoms with Crippen LogP contribution >= 0.6 is 23.6 Å². The predicted molar refractivity (Wildman–Crippen MR) is 145 cm³/mol. The fourth-order valence-electron chi connectivity index (χ4n) is 4.11. The highest BCUT2D eigenvalue weighted by Crippen LogP contribution is 2.33. The Hall–Kier alpha value is -3.71. The molecule has 0 aliphatic carbocycles. The van der Waals surface area contributed by atoms with Crippen LogP contribution < -0.4 is 15.4 Å². The molecule has 1 aliphatic heterocycles. The summed E-state index contributed by atoms with van der Waals surface area (Å²) in [5.74, 6) is -0.562. The quantitative estimate of drug-likeness (QED) is 0.338. The monoisotopic (exact) mass is 578 g/mol. The second-order valence-corrected chi connectivity index (χ2v) is 9.83. The van der Waals surface area contributed by atoms with Crippen LogP contribution in [0.3, 0.4) is 0 Å². The van der Waals surface area contributed by atoms with E-state index in [0.717, 1.165) is 17.8 Å². The second kappa shape index (κ2) is 12.4. The molecule has 2 heterocycles. The minimum Gasteiger partial charge on any atom is -0.450 e. The lowest BCUT2D eigenvalue weighted by molar-refractivity contribution is -0.274. The third kappa shape index (κ3) is 7.67. The normalized spacial score (nSPS) is 14.0. The van der Waals surface area contributed by atoms with Gasteiger partial charge >= 0.3 is 12.5 Å². The van der Waals surface area contributed by atoms with E-state index < -0.39 is 12.5 Å². The lowest BCUT2D eigenvalue weighted by Gasteiger charge is -2.32. The number of anilines is 1. The van der Waals surface area contributed by atoms with Crippen molar-refractivity contribution in [2.24, 2.45) is 0 Å². The zero-order valence-corrected chi connectivity index (χ0v) is 22.4. The zero-order valence-electron chi connectivity index (χ0n) is 20.8. The summed E-state index contributed by atoms with van der Waals surface area (Å²) in [5.41, 5.74) is 2.03. The van der Waals surface area contributed by atoms with Gasteiger partial charge in [-0.15, -0.1) is 24.5 Å². The summed E-state index contributed by atoms with van der Waals surface area (Å²) >= 11 is 6.70. The fourth-order valence-corrected chi connectivity index (χ4v) is 5.35. The number of amides is 2. The van der Waals surface area contributed by atoms with Crippen LogP contribution in [0.2, 0.25) is 0 Å². The van der Waals surface area contributed by atoms with Gasteiger partial charge < -0.3 is 19.7 Å². The molecule has 4 rings (SSSR count). The third-order valence-corrected chi connectivity index (χ3v) is 7.31. The van der Waals surface area contributed by atoms with Crippen molar-refractivity contribution in [1.82, 2.24) is 15.2 Å². The molecule has 0 saturated carbocycles. The van der Waals surface area contributed by atoms with Gasteiger partial charge in [-0.3, -0.25) is 10.1 Å². The van der Waals surface area contributed by atoms with Crippen molar-refractivity contribution in [3.8, 4) is 16.9 Å². The van der Waals surface area contributed by atoms with Crippen molar-refractivity contribution >= 4 is 46.4 Å². The summed E-state index contributed by atoms with van der Waals surface area (Å²) in [7, 11) is 0. The number of carbonyl (C=O) groups excluding carboxylic acids is 2. The molecule has 0 radical (unpaired) electrons. The Labute approximate surface area is 232 Å². The van der Waals surface area contributed by atoms with E-state index in [1.54, 1.807) is 36.6 Å². The Kier molecular flexibility index (Phi) is 9.02. The number of hydrogen-bond donors (Lipinski definition) is 2. The Morgan fingerprint density at radius 3 is 2.49 bits per heavy atom. The molecule has 2 aromatic carbocycles. The van der Waals surface area contributed by atoms with Crippen molar-refractivity contribution in [3.05, 3.63) is 64.6 Å². The second-order valence-electron chi connectivity index (χ2n) is 8.55. The summed E-state index contributed by atoms with van der Waals surface area (Å²) in [6, 6.07) is 12.4. The fraction of sp³-hybridized carbons (Fsp3) is 0.308. The van der Waals surface area contributed by atoms with Gasteiger partial charge in [0.1, 0.15) is 11.4 Å². The highest BCUT2D eigenvalue weighted by molar-refractivity contribution is 7.80. The minimum atomic E-state index is -4.77. The first kappa shape index (κ1) is 28.3. The number of para-hydroxylation sites is 1. The highest BCUT2D eigenvalue weighted by atomic mass is 32.1. The summed E-state index contributed by atoms with van der Waals surface area (Å²) in [6.45, 7) is 3.25. The average molecular weight is 579 g/mol. The summed E-state index contributed by atoms with van der Waals surface area (Å²) in [5, 5.41) is 8.29. The van der Waals surface area contributed by atoms with E-state index in [2.05, 4.69) is 20.4 Å². The first-order valence-corrected chi connectivity index (χ1v) is 13.4. The van der Waals surface area contributed by atoms with Crippen LogP contribution in [0.4, 0.5) is 23.7 Å². The number of alkyl carbamates (subject to hydrolysis) is 1. The zero-order chi connectivity index (χ0) is 28.0. The summed E-state index contributed by atoms with van der Waals surface area (Å²) in [6.07, 6.45) is -3.83. The van der Waals surface area contributed by atoms with E-state index in [1.807, 2.05) is 4.90 Å². The Morgan fingerprint density at radius 1 is 1.13 bits per heavy atom. The maximum atomic E-state index is 13.0.